The first-order valence-electron chi connectivity index (χ1n) is 4.96. The van der Waals surface area contributed by atoms with Crippen LogP contribution in [0.2, 0.25) is 0 Å². The van der Waals surface area contributed by atoms with Crippen LogP contribution in [0.3, 0.4) is 0 Å². The number of anilines is 1. The van der Waals surface area contributed by atoms with Crippen molar-refractivity contribution >= 4 is 27.3 Å². The van der Waals surface area contributed by atoms with Gasteiger partial charge in [0.1, 0.15) is 0 Å². The van der Waals surface area contributed by atoms with E-state index >= 15 is 0 Å². The number of nitrogen functional groups attached to an aromatic ring is 1. The topological polar surface area (TPSA) is 69.1 Å². The highest BCUT2D eigenvalue weighted by molar-refractivity contribution is 9.10. The van der Waals surface area contributed by atoms with E-state index in [-0.39, 0.29) is 0 Å². The molecule has 0 atom stereocenters. The molecule has 1 aromatic carbocycles. The van der Waals surface area contributed by atoms with Gasteiger partial charge in [0.05, 0.1) is 6.20 Å². The number of aromatic nitrogens is 4. The summed E-state index contributed by atoms with van der Waals surface area (Å²) in [7, 11) is 0. The maximum Gasteiger partial charge on any atom is 0.179 e. The van der Waals surface area contributed by atoms with E-state index in [4.69, 9.17) is 5.73 Å². The molecule has 0 saturated heterocycles. The summed E-state index contributed by atoms with van der Waals surface area (Å²) in [6.07, 6.45) is 5.16. The van der Waals surface area contributed by atoms with Gasteiger partial charge < -0.3 is 5.73 Å². The van der Waals surface area contributed by atoms with Crippen LogP contribution in [-0.2, 0) is 0 Å². The summed E-state index contributed by atoms with van der Waals surface area (Å²) in [5, 5.41) is 8.18. The third kappa shape index (κ3) is 1.66. The third-order valence-corrected chi connectivity index (χ3v) is 2.96. The smallest absolute Gasteiger partial charge is 0.179 e. The maximum atomic E-state index is 5.98. The Kier molecular flexibility index (Phi) is 2.29. The molecule has 2 heterocycles. The van der Waals surface area contributed by atoms with Gasteiger partial charge in [0.2, 0.25) is 0 Å². The number of nitrogens with zero attached hydrogens (tertiary/aromatic N) is 4. The van der Waals surface area contributed by atoms with E-state index < -0.39 is 0 Å². The first-order valence-corrected chi connectivity index (χ1v) is 5.75. The lowest BCUT2D eigenvalue weighted by atomic mass is 10.2. The van der Waals surface area contributed by atoms with E-state index in [1.807, 2.05) is 28.8 Å². The monoisotopic (exact) mass is 289 g/mol. The SMILES string of the molecule is Nc1cc(Br)ccc1-c1nnc2cnccn12. The molecule has 0 aliphatic rings. The predicted octanol–water partition coefficient (Wildman–Crippen LogP) is 2.14. The first-order chi connectivity index (χ1) is 8.25. The Morgan fingerprint density at radius 2 is 2.12 bits per heavy atom. The zero-order chi connectivity index (χ0) is 11.8. The van der Waals surface area contributed by atoms with Crippen LogP contribution in [0.1, 0.15) is 0 Å². The van der Waals surface area contributed by atoms with Crippen molar-refractivity contribution in [2.75, 3.05) is 5.73 Å². The van der Waals surface area contributed by atoms with E-state index in [0.717, 1.165) is 10.0 Å². The molecule has 6 heteroatoms. The van der Waals surface area contributed by atoms with E-state index in [1.165, 1.54) is 0 Å². The number of benzene rings is 1. The molecule has 0 amide bonds. The van der Waals surface area contributed by atoms with E-state index in [1.54, 1.807) is 12.4 Å². The van der Waals surface area contributed by atoms with Gasteiger partial charge in [-0.2, -0.15) is 0 Å². The lowest BCUT2D eigenvalue weighted by Crippen LogP contribution is -1.94. The molecule has 0 radical (unpaired) electrons. The molecule has 0 spiro atoms. The maximum absolute atomic E-state index is 5.98. The van der Waals surface area contributed by atoms with Crippen LogP contribution in [0.15, 0.2) is 41.3 Å². The van der Waals surface area contributed by atoms with Gasteiger partial charge in [-0.1, -0.05) is 15.9 Å². The van der Waals surface area contributed by atoms with Gasteiger partial charge in [-0.05, 0) is 18.2 Å². The number of halogens is 1. The molecule has 0 bridgehead atoms. The average Bonchev–Trinajstić information content (AvgIpc) is 2.73. The van der Waals surface area contributed by atoms with Crippen LogP contribution in [0, 0.1) is 0 Å². The van der Waals surface area contributed by atoms with E-state index in [0.29, 0.717) is 17.2 Å². The van der Waals surface area contributed by atoms with E-state index in [2.05, 4.69) is 31.1 Å². The molecule has 3 aromatic rings. The van der Waals surface area contributed by atoms with Crippen molar-refractivity contribution < 1.29 is 0 Å². The second-order valence-corrected chi connectivity index (χ2v) is 4.48. The number of rotatable bonds is 1. The second-order valence-electron chi connectivity index (χ2n) is 3.56. The number of hydrogen-bond donors (Lipinski definition) is 1. The summed E-state index contributed by atoms with van der Waals surface area (Å²) in [6, 6.07) is 5.68. The summed E-state index contributed by atoms with van der Waals surface area (Å²) in [5.41, 5.74) is 8.19. The summed E-state index contributed by atoms with van der Waals surface area (Å²) >= 11 is 3.38. The molecule has 0 fully saturated rings. The third-order valence-electron chi connectivity index (χ3n) is 2.47. The summed E-state index contributed by atoms with van der Waals surface area (Å²) < 4.78 is 2.79. The van der Waals surface area contributed by atoms with Crippen LogP contribution in [0.4, 0.5) is 5.69 Å². The minimum atomic E-state index is 0.658. The van der Waals surface area contributed by atoms with Gasteiger partial charge >= 0.3 is 0 Å². The molecule has 84 valence electrons. The summed E-state index contributed by atoms with van der Waals surface area (Å²) in [6.45, 7) is 0. The van der Waals surface area contributed by atoms with Gasteiger partial charge in [0.25, 0.3) is 0 Å². The van der Waals surface area contributed by atoms with E-state index in [9.17, 15) is 0 Å². The van der Waals surface area contributed by atoms with Crippen LogP contribution in [0.5, 0.6) is 0 Å². The molecule has 3 rings (SSSR count). The van der Waals surface area contributed by atoms with Gasteiger partial charge in [-0.15, -0.1) is 10.2 Å². The van der Waals surface area contributed by atoms with Crippen LogP contribution < -0.4 is 5.73 Å². The lowest BCUT2D eigenvalue weighted by molar-refractivity contribution is 1.11. The van der Waals surface area contributed by atoms with Crippen molar-refractivity contribution in [2.45, 2.75) is 0 Å². The minimum absolute atomic E-state index is 0.658. The molecular formula is C11H8BrN5. The predicted molar refractivity (Wildman–Crippen MR) is 68.3 cm³/mol. The Morgan fingerprint density at radius 3 is 2.94 bits per heavy atom. The van der Waals surface area contributed by atoms with Gasteiger partial charge in [0.15, 0.2) is 11.5 Å². The highest BCUT2D eigenvalue weighted by Gasteiger charge is 2.10. The molecule has 0 aliphatic carbocycles. The number of hydrogen-bond acceptors (Lipinski definition) is 4. The van der Waals surface area contributed by atoms with Gasteiger partial charge in [-0.25, -0.2) is 0 Å². The Bertz CT molecular complexity index is 691. The fraction of sp³-hybridized carbons (Fsp3) is 0. The van der Waals surface area contributed by atoms with Crippen molar-refractivity contribution in [2.24, 2.45) is 0 Å². The van der Waals surface area contributed by atoms with Crippen molar-refractivity contribution in [1.29, 1.82) is 0 Å². The Morgan fingerprint density at radius 1 is 1.24 bits per heavy atom. The van der Waals surface area contributed by atoms with Crippen LogP contribution >= 0.6 is 15.9 Å². The molecule has 0 saturated carbocycles. The zero-order valence-electron chi connectivity index (χ0n) is 8.71. The minimum Gasteiger partial charge on any atom is -0.398 e. The molecule has 17 heavy (non-hydrogen) atoms. The quantitative estimate of drug-likeness (QED) is 0.697. The standard InChI is InChI=1S/C11H8BrN5/c12-7-1-2-8(9(13)5-7)11-16-15-10-6-14-3-4-17(10)11/h1-6H,13H2. The second kappa shape index (κ2) is 3.81. The molecule has 2 N–H and O–H groups in total. The van der Waals surface area contributed by atoms with Crippen LogP contribution in [-0.4, -0.2) is 19.6 Å². The number of fused-ring (bicyclic) bond motifs is 1. The van der Waals surface area contributed by atoms with Crippen LogP contribution in [0.25, 0.3) is 17.0 Å². The highest BCUT2D eigenvalue weighted by Crippen LogP contribution is 2.27. The lowest BCUT2D eigenvalue weighted by Gasteiger charge is -2.04. The molecular weight excluding hydrogens is 282 g/mol. The first kappa shape index (κ1) is 10.2. The Labute approximate surface area is 105 Å². The Balaban J connectivity index is 2.27. The highest BCUT2D eigenvalue weighted by atomic mass is 79.9. The van der Waals surface area contributed by atoms with Crippen molar-refractivity contribution in [1.82, 2.24) is 19.6 Å². The van der Waals surface area contributed by atoms with Crippen molar-refractivity contribution in [3.8, 4) is 11.4 Å². The Hall–Kier alpha value is -1.95. The normalized spacial score (nSPS) is 10.9. The average molecular weight is 290 g/mol. The fourth-order valence-electron chi connectivity index (χ4n) is 1.67. The molecule has 0 aliphatic heterocycles. The summed E-state index contributed by atoms with van der Waals surface area (Å²) in [5.74, 6) is 0.715. The molecule has 2 aromatic heterocycles. The fourth-order valence-corrected chi connectivity index (χ4v) is 2.05. The van der Waals surface area contributed by atoms with Crippen molar-refractivity contribution in [3.63, 3.8) is 0 Å². The summed E-state index contributed by atoms with van der Waals surface area (Å²) in [4.78, 5) is 3.99. The number of nitrogens with two attached hydrogens (primary N) is 1. The molecule has 0 unspecified atom stereocenters. The zero-order valence-corrected chi connectivity index (χ0v) is 10.3. The van der Waals surface area contributed by atoms with Gasteiger partial charge in [-0.3, -0.25) is 9.38 Å². The van der Waals surface area contributed by atoms with Gasteiger partial charge in [0, 0.05) is 28.1 Å². The largest absolute Gasteiger partial charge is 0.398 e. The molecule has 5 nitrogen and oxygen atoms in total. The van der Waals surface area contributed by atoms with Crippen molar-refractivity contribution in [3.05, 3.63) is 41.3 Å².